The van der Waals surface area contributed by atoms with Crippen molar-refractivity contribution < 1.29 is 22.7 Å². The summed E-state index contributed by atoms with van der Waals surface area (Å²) in [6, 6.07) is 9.15. The number of alkyl halides is 3. The van der Waals surface area contributed by atoms with Crippen LogP contribution in [0.25, 0.3) is 22.6 Å². The molecule has 4 aromatic heterocycles. The van der Waals surface area contributed by atoms with Crippen LogP contribution in [0.2, 0.25) is 0 Å². The molecule has 258 valence electrons. The predicted molar refractivity (Wildman–Crippen MR) is 177 cm³/mol. The number of urea groups is 1. The van der Waals surface area contributed by atoms with Crippen LogP contribution < -0.4 is 20.3 Å². The zero-order valence-electron chi connectivity index (χ0n) is 27.1. The number of carbonyl (C=O) groups is 1. The summed E-state index contributed by atoms with van der Waals surface area (Å²) < 4.78 is 47.0. The van der Waals surface area contributed by atoms with Gasteiger partial charge in [-0.15, -0.1) is 0 Å². The molecule has 7 rings (SSSR count). The first-order chi connectivity index (χ1) is 24.3. The van der Waals surface area contributed by atoms with Crippen molar-refractivity contribution in [1.82, 2.24) is 45.4 Å². The van der Waals surface area contributed by atoms with Crippen LogP contribution in [0.3, 0.4) is 0 Å². The second-order valence-electron chi connectivity index (χ2n) is 12.3. The second kappa shape index (κ2) is 14.1. The average Bonchev–Trinajstić information content (AvgIpc) is 3.87. The number of rotatable bonds is 10. The number of H-pyrrole nitrogens is 1. The van der Waals surface area contributed by atoms with E-state index >= 15 is 0 Å². The molecule has 0 saturated heterocycles. The number of aromatic amines is 1. The van der Waals surface area contributed by atoms with Crippen molar-refractivity contribution in [3.63, 3.8) is 0 Å². The first kappa shape index (κ1) is 32.9. The molecule has 0 radical (unpaired) electrons. The number of anilines is 2. The van der Waals surface area contributed by atoms with Gasteiger partial charge in [-0.2, -0.15) is 18.3 Å². The summed E-state index contributed by atoms with van der Waals surface area (Å²) in [5.74, 6) is 0.658. The monoisotopic (exact) mass is 685 g/mol. The maximum absolute atomic E-state index is 14.0. The Bertz CT molecular complexity index is 1910. The number of nitrogens with one attached hydrogen (secondary N) is 3. The fourth-order valence-electron chi connectivity index (χ4n) is 6.16. The van der Waals surface area contributed by atoms with E-state index in [9.17, 15) is 18.0 Å². The van der Waals surface area contributed by atoms with E-state index < -0.39 is 11.7 Å². The van der Waals surface area contributed by atoms with E-state index in [2.05, 4.69) is 50.7 Å². The summed E-state index contributed by atoms with van der Waals surface area (Å²) in [6.07, 6.45) is 8.31. The highest BCUT2D eigenvalue weighted by Gasteiger charge is 2.39. The Balaban J connectivity index is 1.07. The van der Waals surface area contributed by atoms with Gasteiger partial charge in [0.25, 0.3) is 0 Å². The lowest BCUT2D eigenvalue weighted by Gasteiger charge is -2.36. The molecule has 2 aliphatic carbocycles. The summed E-state index contributed by atoms with van der Waals surface area (Å²) in [4.78, 5) is 41.1. The number of nitrogens with zero attached hydrogens (tertiary/aromatic N) is 8. The third-order valence-corrected chi connectivity index (χ3v) is 8.90. The molecule has 1 aromatic carbocycles. The number of aromatic nitrogens is 8. The standard InChI is InChI=1S/C34H34F3N11O2/c1-50-32-41-14-22(15-42-32)27-18-39-28(19-38-27)48(33(49)43-13-20-5-3-2-4-6-20)24-11-9-23(10-12-24)45-31-40-17-26(34(35,36)37)30(46-31)29-25(16-44-47-29)21-7-8-21/h2-6,14-19,21,23-24H,7-13H2,1H3,(H,43,49)(H,44,47)(H,40,45,46). The molecule has 0 aliphatic heterocycles. The summed E-state index contributed by atoms with van der Waals surface area (Å²) in [5, 5.41) is 13.1. The van der Waals surface area contributed by atoms with Crippen molar-refractivity contribution in [3.8, 4) is 28.7 Å². The fourth-order valence-corrected chi connectivity index (χ4v) is 6.16. The molecule has 5 aromatic rings. The largest absolute Gasteiger partial charge is 0.467 e. The highest BCUT2D eigenvalue weighted by atomic mass is 19.4. The van der Waals surface area contributed by atoms with E-state index in [0.717, 1.165) is 30.2 Å². The number of ether oxygens (including phenoxy) is 1. The molecule has 2 amide bonds. The Morgan fingerprint density at radius 2 is 1.68 bits per heavy atom. The number of carbonyl (C=O) groups excluding carboxylic acids is 1. The van der Waals surface area contributed by atoms with Gasteiger partial charge in [0.1, 0.15) is 17.0 Å². The zero-order chi connectivity index (χ0) is 34.7. The second-order valence-corrected chi connectivity index (χ2v) is 12.3. The third kappa shape index (κ3) is 7.33. The smallest absolute Gasteiger partial charge is 0.420 e. The molecule has 0 spiro atoms. The van der Waals surface area contributed by atoms with Crippen molar-refractivity contribution >= 4 is 17.8 Å². The Kier molecular flexibility index (Phi) is 9.23. The number of halogens is 3. The van der Waals surface area contributed by atoms with Gasteiger partial charge in [-0.25, -0.2) is 29.7 Å². The lowest BCUT2D eigenvalue weighted by Crippen LogP contribution is -2.49. The van der Waals surface area contributed by atoms with Gasteiger partial charge in [-0.1, -0.05) is 30.3 Å². The molecule has 2 saturated carbocycles. The molecule has 0 atom stereocenters. The molecule has 13 nitrogen and oxygen atoms in total. The lowest BCUT2D eigenvalue weighted by molar-refractivity contribution is -0.137. The van der Waals surface area contributed by atoms with E-state index in [1.165, 1.54) is 7.11 Å². The summed E-state index contributed by atoms with van der Waals surface area (Å²) in [6.45, 7) is 0.327. The Hall–Kier alpha value is -5.67. The van der Waals surface area contributed by atoms with Crippen LogP contribution in [-0.4, -0.2) is 65.3 Å². The van der Waals surface area contributed by atoms with Gasteiger partial charge >= 0.3 is 18.2 Å². The molecule has 0 unspecified atom stereocenters. The van der Waals surface area contributed by atoms with Crippen LogP contribution in [-0.2, 0) is 12.7 Å². The van der Waals surface area contributed by atoms with E-state index in [-0.39, 0.29) is 47.4 Å². The Morgan fingerprint density at radius 1 is 0.920 bits per heavy atom. The molecular weight excluding hydrogens is 651 g/mol. The predicted octanol–water partition coefficient (Wildman–Crippen LogP) is 6.16. The number of hydrogen-bond acceptors (Lipinski definition) is 10. The first-order valence-corrected chi connectivity index (χ1v) is 16.3. The highest BCUT2D eigenvalue weighted by molar-refractivity contribution is 5.91. The summed E-state index contributed by atoms with van der Waals surface area (Å²) in [5.41, 5.74) is 1.90. The number of benzene rings is 1. The van der Waals surface area contributed by atoms with Crippen molar-refractivity contribution in [1.29, 1.82) is 0 Å². The van der Waals surface area contributed by atoms with Gasteiger partial charge in [-0.3, -0.25) is 15.0 Å². The first-order valence-electron chi connectivity index (χ1n) is 16.3. The van der Waals surface area contributed by atoms with Crippen LogP contribution in [0.5, 0.6) is 6.01 Å². The number of amides is 2. The van der Waals surface area contributed by atoms with Crippen LogP contribution in [0.1, 0.15) is 61.1 Å². The molecule has 0 bridgehead atoms. The van der Waals surface area contributed by atoms with E-state index in [0.29, 0.717) is 49.3 Å². The van der Waals surface area contributed by atoms with Gasteiger partial charge in [0.2, 0.25) is 5.95 Å². The maximum Gasteiger partial charge on any atom is 0.420 e. The van der Waals surface area contributed by atoms with E-state index in [1.807, 2.05) is 30.3 Å². The highest BCUT2D eigenvalue weighted by Crippen LogP contribution is 2.45. The average molecular weight is 686 g/mol. The van der Waals surface area contributed by atoms with Crippen LogP contribution >= 0.6 is 0 Å². The van der Waals surface area contributed by atoms with Crippen molar-refractivity contribution in [2.75, 3.05) is 17.3 Å². The van der Waals surface area contributed by atoms with Crippen molar-refractivity contribution in [2.45, 2.75) is 69.2 Å². The van der Waals surface area contributed by atoms with E-state index in [1.54, 1.807) is 35.9 Å². The van der Waals surface area contributed by atoms with Gasteiger partial charge in [0, 0.05) is 54.5 Å². The minimum Gasteiger partial charge on any atom is -0.467 e. The van der Waals surface area contributed by atoms with Gasteiger partial charge in [0.15, 0.2) is 5.82 Å². The van der Waals surface area contributed by atoms with Crippen molar-refractivity contribution in [2.24, 2.45) is 0 Å². The number of hydrogen-bond donors (Lipinski definition) is 3. The molecule has 4 heterocycles. The normalized spacial score (nSPS) is 17.6. The van der Waals surface area contributed by atoms with Crippen molar-refractivity contribution in [3.05, 3.63) is 84.2 Å². The maximum atomic E-state index is 14.0. The van der Waals surface area contributed by atoms with Gasteiger partial charge in [-0.05, 0) is 50.0 Å². The third-order valence-electron chi connectivity index (χ3n) is 8.90. The fraction of sp³-hybridized carbons (Fsp3) is 0.353. The lowest BCUT2D eigenvalue weighted by atomic mass is 9.90. The Morgan fingerprint density at radius 3 is 2.34 bits per heavy atom. The molecule has 16 heteroatoms. The zero-order valence-corrected chi connectivity index (χ0v) is 27.1. The molecular formula is C34H34F3N11O2. The van der Waals surface area contributed by atoms with Crippen LogP contribution in [0.4, 0.5) is 29.7 Å². The number of methoxy groups -OCH3 is 1. The summed E-state index contributed by atoms with van der Waals surface area (Å²) >= 11 is 0. The minimum atomic E-state index is -4.64. The molecule has 2 fully saturated rings. The topological polar surface area (TPSA) is 160 Å². The molecule has 3 N–H and O–H groups in total. The van der Waals surface area contributed by atoms with Gasteiger partial charge in [0.05, 0.1) is 25.2 Å². The molecule has 50 heavy (non-hydrogen) atoms. The quantitative estimate of drug-likeness (QED) is 0.155. The van der Waals surface area contributed by atoms with Crippen LogP contribution in [0.15, 0.2) is 67.5 Å². The minimum absolute atomic E-state index is 0.0997. The Labute approximate surface area is 285 Å². The van der Waals surface area contributed by atoms with E-state index in [4.69, 9.17) is 4.74 Å². The van der Waals surface area contributed by atoms with Gasteiger partial charge < -0.3 is 15.4 Å². The van der Waals surface area contributed by atoms with Crippen LogP contribution in [0, 0.1) is 0 Å². The molecule has 2 aliphatic rings. The summed E-state index contributed by atoms with van der Waals surface area (Å²) in [7, 11) is 1.48. The SMILES string of the molecule is COc1ncc(-c2cnc(N(C(=O)NCc3ccccc3)C3CCC(Nc4ncc(C(F)(F)F)c(-c5n[nH]cc5C5CC5)n4)CC3)cn2)cn1.